The van der Waals surface area contributed by atoms with Crippen LogP contribution in [0, 0.1) is 10.8 Å². The number of hydrogen-bond donors (Lipinski definition) is 0. The third-order valence-electron chi connectivity index (χ3n) is 1.54. The molecule has 0 aromatic heterocycles. The molecule has 2 atom stereocenters. The Bertz CT molecular complexity index is 140. The smallest absolute Gasteiger partial charge is 0.548 e. The Hall–Kier alpha value is -0.333. The molecule has 4 nitrogen and oxygen atoms in total. The summed E-state index contributed by atoms with van der Waals surface area (Å²) in [6.07, 6.45) is 0.615. The number of nitrogens with zero attached hydrogens (tertiary/aromatic N) is 1. The van der Waals surface area contributed by atoms with Gasteiger partial charge in [0.1, 0.15) is 6.04 Å². The van der Waals surface area contributed by atoms with Crippen molar-refractivity contribution in [1.29, 1.82) is 0 Å². The normalized spacial score (nSPS) is 14.4. The van der Waals surface area contributed by atoms with E-state index in [1.54, 1.807) is 13.8 Å². The fourth-order valence-electron chi connectivity index (χ4n) is 0.602. The predicted octanol–water partition coefficient (Wildman–Crippen LogP) is -3.08. The monoisotopic (exact) mass is 151 g/mol. The quantitative estimate of drug-likeness (QED) is 0.316. The van der Waals surface area contributed by atoms with Gasteiger partial charge in [-0.3, -0.25) is 0 Å². The Balaban J connectivity index is 0. The van der Waals surface area contributed by atoms with Crippen LogP contribution >= 0.6 is 0 Å². The van der Waals surface area contributed by atoms with E-state index in [0.717, 1.165) is 0 Å². The van der Waals surface area contributed by atoms with Gasteiger partial charge in [-0.15, -0.1) is 0 Å². The largest absolute Gasteiger partial charge is 1.00 e. The summed E-state index contributed by atoms with van der Waals surface area (Å²) >= 11 is 0. The van der Waals surface area contributed by atoms with E-state index in [9.17, 15) is 14.8 Å². The molecule has 0 heterocycles. The Morgan fingerprint density at radius 3 is 2.18 bits per heavy atom. The third-order valence-corrected chi connectivity index (χ3v) is 1.54. The number of rotatable bonds is 4. The zero-order valence-corrected chi connectivity index (χ0v) is 7.03. The molecule has 5 heteroatoms. The Kier molecular flexibility index (Phi) is 7.70. The van der Waals surface area contributed by atoms with Crippen molar-refractivity contribution in [2.24, 2.45) is 11.1 Å². The molecule has 0 rings (SSSR count). The van der Waals surface area contributed by atoms with Crippen molar-refractivity contribution in [2.75, 3.05) is 0 Å². The second-order valence-electron chi connectivity index (χ2n) is 2.25. The minimum atomic E-state index is -1.38. The standard InChI is InChI=1S/C6H11NO3.Li/c1-3-4(2)5(7-10)6(8)9;/h4-5H,3H2,1-2H3,(H,8,9);/q;+1/p-1/t4-,5-;/m0./s1. The number of carbonyl (C=O) groups is 1. The molecule has 0 amide bonds. The van der Waals surface area contributed by atoms with Crippen molar-refractivity contribution >= 4 is 5.97 Å². The molecule has 0 aliphatic rings. The van der Waals surface area contributed by atoms with Gasteiger partial charge < -0.3 is 9.90 Å². The number of carboxylic acids is 1. The molecule has 0 saturated carbocycles. The van der Waals surface area contributed by atoms with Crippen LogP contribution in [0.5, 0.6) is 0 Å². The number of nitroso groups, excluding NO2 is 1. The molecule has 0 radical (unpaired) electrons. The fraction of sp³-hybridized carbons (Fsp3) is 0.833. The van der Waals surface area contributed by atoms with Gasteiger partial charge in [0.2, 0.25) is 0 Å². The molecular weight excluding hydrogens is 141 g/mol. The van der Waals surface area contributed by atoms with Crippen LogP contribution in [0.15, 0.2) is 5.18 Å². The minimum absolute atomic E-state index is 0. The van der Waals surface area contributed by atoms with Crippen LogP contribution in [0.4, 0.5) is 0 Å². The van der Waals surface area contributed by atoms with Crippen LogP contribution in [-0.4, -0.2) is 12.0 Å². The van der Waals surface area contributed by atoms with Gasteiger partial charge in [-0.2, -0.15) is 4.91 Å². The maximum Gasteiger partial charge on any atom is 1.00 e. The maximum atomic E-state index is 10.1. The molecule has 0 fully saturated rings. The number of carbonyl (C=O) groups excluding carboxylic acids is 1. The number of carboxylic acid groups (broad SMARTS) is 1. The average molecular weight is 151 g/mol. The molecular formula is C6H10LiNO3. The molecule has 0 N–H and O–H groups in total. The van der Waals surface area contributed by atoms with Gasteiger partial charge in [0.15, 0.2) is 0 Å². The number of hydrogen-bond acceptors (Lipinski definition) is 4. The summed E-state index contributed by atoms with van der Waals surface area (Å²) in [5, 5.41) is 12.6. The summed E-state index contributed by atoms with van der Waals surface area (Å²) in [7, 11) is 0. The topological polar surface area (TPSA) is 69.6 Å². The van der Waals surface area contributed by atoms with Crippen LogP contribution in [0.2, 0.25) is 0 Å². The van der Waals surface area contributed by atoms with Crippen molar-refractivity contribution in [3.63, 3.8) is 0 Å². The Morgan fingerprint density at radius 1 is 1.64 bits per heavy atom. The van der Waals surface area contributed by atoms with Gasteiger partial charge in [-0.25, -0.2) is 0 Å². The van der Waals surface area contributed by atoms with Crippen molar-refractivity contribution in [2.45, 2.75) is 26.3 Å². The third kappa shape index (κ3) is 4.18. The summed E-state index contributed by atoms with van der Waals surface area (Å²) in [6, 6.07) is -1.19. The second-order valence-corrected chi connectivity index (χ2v) is 2.25. The van der Waals surface area contributed by atoms with E-state index in [1.165, 1.54) is 0 Å². The molecule has 0 spiro atoms. The maximum absolute atomic E-state index is 10.1. The number of aliphatic carboxylic acids is 1. The SMILES string of the molecule is CC[C@H](C)[C@H](N=O)C(=O)[O-].[Li+]. The second kappa shape index (κ2) is 6.38. The summed E-state index contributed by atoms with van der Waals surface area (Å²) in [5.74, 6) is -1.62. The van der Waals surface area contributed by atoms with Crippen molar-refractivity contribution in [1.82, 2.24) is 0 Å². The van der Waals surface area contributed by atoms with E-state index in [1.807, 2.05) is 0 Å². The van der Waals surface area contributed by atoms with Gasteiger partial charge in [0.05, 0.1) is 5.97 Å². The first-order valence-electron chi connectivity index (χ1n) is 3.16. The van der Waals surface area contributed by atoms with Gasteiger partial charge in [0, 0.05) is 0 Å². The van der Waals surface area contributed by atoms with E-state index in [0.29, 0.717) is 6.42 Å². The van der Waals surface area contributed by atoms with Crippen molar-refractivity contribution < 1.29 is 28.8 Å². The fourth-order valence-corrected chi connectivity index (χ4v) is 0.602. The summed E-state index contributed by atoms with van der Waals surface area (Å²) in [5.41, 5.74) is 0. The molecule has 0 aromatic rings. The molecule has 0 bridgehead atoms. The molecule has 58 valence electrons. The van der Waals surface area contributed by atoms with Gasteiger partial charge in [-0.1, -0.05) is 25.4 Å². The van der Waals surface area contributed by atoms with E-state index >= 15 is 0 Å². The minimum Gasteiger partial charge on any atom is -0.548 e. The first-order valence-corrected chi connectivity index (χ1v) is 3.16. The molecule has 0 aliphatic carbocycles. The zero-order chi connectivity index (χ0) is 8.15. The van der Waals surface area contributed by atoms with E-state index < -0.39 is 12.0 Å². The predicted molar refractivity (Wildman–Crippen MR) is 34.0 cm³/mol. The molecule has 0 aromatic carbocycles. The molecule has 0 unspecified atom stereocenters. The van der Waals surface area contributed by atoms with Crippen LogP contribution in [0.3, 0.4) is 0 Å². The first-order chi connectivity index (χ1) is 4.63. The first kappa shape index (κ1) is 13.3. The summed E-state index contributed by atoms with van der Waals surface area (Å²) in [4.78, 5) is 20.0. The van der Waals surface area contributed by atoms with Gasteiger partial charge >= 0.3 is 18.9 Å². The van der Waals surface area contributed by atoms with Crippen LogP contribution < -0.4 is 24.0 Å². The average Bonchev–Trinajstić information content (AvgIpc) is 1.88. The Labute approximate surface area is 77.5 Å². The van der Waals surface area contributed by atoms with Crippen LogP contribution in [-0.2, 0) is 4.79 Å². The van der Waals surface area contributed by atoms with Crippen molar-refractivity contribution in [3.05, 3.63) is 4.91 Å². The summed E-state index contributed by atoms with van der Waals surface area (Å²) < 4.78 is 0. The van der Waals surface area contributed by atoms with Gasteiger partial charge in [0.25, 0.3) is 0 Å². The Morgan fingerprint density at radius 2 is 2.09 bits per heavy atom. The van der Waals surface area contributed by atoms with E-state index in [-0.39, 0.29) is 24.8 Å². The zero-order valence-electron chi connectivity index (χ0n) is 7.03. The van der Waals surface area contributed by atoms with Gasteiger partial charge in [-0.05, 0) is 5.92 Å². The van der Waals surface area contributed by atoms with E-state index in [4.69, 9.17) is 0 Å². The van der Waals surface area contributed by atoms with Crippen LogP contribution in [0.1, 0.15) is 20.3 Å². The van der Waals surface area contributed by atoms with Crippen molar-refractivity contribution in [3.8, 4) is 0 Å². The van der Waals surface area contributed by atoms with E-state index in [2.05, 4.69) is 5.18 Å². The summed E-state index contributed by atoms with van der Waals surface area (Å²) in [6.45, 7) is 3.45. The molecule has 0 saturated heterocycles. The molecule has 0 aliphatic heterocycles. The molecule has 11 heavy (non-hydrogen) atoms. The van der Waals surface area contributed by atoms with Crippen LogP contribution in [0.25, 0.3) is 0 Å².